The molecule has 0 unspecified atom stereocenters. The minimum Gasteiger partial charge on any atom is -0.494 e. The maximum absolute atomic E-state index is 11.4. The summed E-state index contributed by atoms with van der Waals surface area (Å²) < 4.78 is 5.56. The van der Waals surface area contributed by atoms with E-state index in [1.165, 1.54) is 0 Å². The molecule has 1 aromatic rings. The maximum atomic E-state index is 11.4. The van der Waals surface area contributed by atoms with Crippen molar-refractivity contribution >= 4 is 11.6 Å². The van der Waals surface area contributed by atoms with Gasteiger partial charge in [-0.15, -0.1) is 6.58 Å². The first-order valence-corrected chi connectivity index (χ1v) is 6.60. The summed E-state index contributed by atoms with van der Waals surface area (Å²) in [6.07, 6.45) is 3.84. The highest BCUT2D eigenvalue weighted by Crippen LogP contribution is 2.15. The lowest BCUT2D eigenvalue weighted by atomic mass is 10.3. The Morgan fingerprint density at radius 3 is 2.74 bits per heavy atom. The van der Waals surface area contributed by atoms with Gasteiger partial charge in [0.05, 0.1) is 13.2 Å². The largest absolute Gasteiger partial charge is 0.494 e. The molecule has 1 rings (SSSR count). The molecular weight excluding hydrogens is 240 g/mol. The number of rotatable bonds is 9. The second kappa shape index (κ2) is 9.03. The summed E-state index contributed by atoms with van der Waals surface area (Å²) in [4.78, 5) is 11.4. The molecule has 0 aliphatic rings. The quantitative estimate of drug-likeness (QED) is 0.531. The second-order valence-corrected chi connectivity index (χ2v) is 4.17. The fourth-order valence-electron chi connectivity index (χ4n) is 1.43. The Hall–Kier alpha value is -1.97. The Bertz CT molecular complexity index is 388. The highest BCUT2D eigenvalue weighted by Gasteiger charge is 1.99. The number of hydrogen-bond acceptors (Lipinski definition) is 3. The standard InChI is InChI=1S/C15H22N2O2/c1-3-5-11-19-14-8-6-13(7-9-14)17-12-15(18)16-10-4-2/h4,6-9,17H,2-3,5,10-12H2,1H3,(H,16,18). The molecule has 0 radical (unpaired) electrons. The van der Waals surface area contributed by atoms with Crippen LogP contribution in [-0.2, 0) is 4.79 Å². The van der Waals surface area contributed by atoms with Gasteiger partial charge in [-0.25, -0.2) is 0 Å². The van der Waals surface area contributed by atoms with E-state index in [-0.39, 0.29) is 12.5 Å². The van der Waals surface area contributed by atoms with Crippen molar-refractivity contribution in [3.8, 4) is 5.75 Å². The zero-order valence-electron chi connectivity index (χ0n) is 11.4. The minimum absolute atomic E-state index is 0.0526. The van der Waals surface area contributed by atoms with Gasteiger partial charge in [0.25, 0.3) is 0 Å². The Labute approximate surface area is 114 Å². The zero-order chi connectivity index (χ0) is 13.9. The monoisotopic (exact) mass is 262 g/mol. The van der Waals surface area contributed by atoms with Gasteiger partial charge in [-0.3, -0.25) is 4.79 Å². The number of ether oxygens (including phenoxy) is 1. The molecule has 1 aromatic carbocycles. The Morgan fingerprint density at radius 1 is 1.37 bits per heavy atom. The van der Waals surface area contributed by atoms with Gasteiger partial charge in [0.1, 0.15) is 5.75 Å². The van der Waals surface area contributed by atoms with Crippen molar-refractivity contribution in [1.29, 1.82) is 0 Å². The fourth-order valence-corrected chi connectivity index (χ4v) is 1.43. The van der Waals surface area contributed by atoms with Crippen LogP contribution < -0.4 is 15.4 Å². The summed E-state index contributed by atoms with van der Waals surface area (Å²) in [6.45, 7) is 7.16. The van der Waals surface area contributed by atoms with E-state index in [9.17, 15) is 4.79 Å². The van der Waals surface area contributed by atoms with Gasteiger partial charge in [0.15, 0.2) is 0 Å². The Kier molecular flexibility index (Phi) is 7.17. The molecule has 0 saturated heterocycles. The molecule has 104 valence electrons. The highest BCUT2D eigenvalue weighted by atomic mass is 16.5. The van der Waals surface area contributed by atoms with Crippen LogP contribution in [0.2, 0.25) is 0 Å². The van der Waals surface area contributed by atoms with Crippen molar-refractivity contribution in [2.75, 3.05) is 25.0 Å². The molecule has 0 bridgehead atoms. The van der Waals surface area contributed by atoms with Crippen LogP contribution in [0.1, 0.15) is 19.8 Å². The lowest BCUT2D eigenvalue weighted by molar-refractivity contribution is -0.119. The van der Waals surface area contributed by atoms with Gasteiger partial charge in [0, 0.05) is 12.2 Å². The number of unbranched alkanes of at least 4 members (excludes halogenated alkanes) is 1. The number of benzene rings is 1. The van der Waals surface area contributed by atoms with Crippen LogP contribution in [0.3, 0.4) is 0 Å². The van der Waals surface area contributed by atoms with E-state index < -0.39 is 0 Å². The van der Waals surface area contributed by atoms with Gasteiger partial charge in [-0.2, -0.15) is 0 Å². The lowest BCUT2D eigenvalue weighted by Crippen LogP contribution is -2.29. The molecule has 0 spiro atoms. The van der Waals surface area contributed by atoms with Gasteiger partial charge in [-0.05, 0) is 30.7 Å². The first-order valence-electron chi connectivity index (χ1n) is 6.60. The normalized spacial score (nSPS) is 9.74. The lowest BCUT2D eigenvalue weighted by Gasteiger charge is -2.08. The summed E-state index contributed by atoms with van der Waals surface area (Å²) in [5.41, 5.74) is 0.900. The van der Waals surface area contributed by atoms with Gasteiger partial charge in [-0.1, -0.05) is 19.4 Å². The first kappa shape index (κ1) is 15.1. The summed E-state index contributed by atoms with van der Waals surface area (Å²) in [5, 5.41) is 5.75. The van der Waals surface area contributed by atoms with Gasteiger partial charge >= 0.3 is 0 Å². The van der Waals surface area contributed by atoms with Crippen molar-refractivity contribution in [1.82, 2.24) is 5.32 Å². The molecule has 0 heterocycles. The predicted molar refractivity (Wildman–Crippen MR) is 78.5 cm³/mol. The molecule has 0 atom stereocenters. The topological polar surface area (TPSA) is 50.4 Å². The Balaban J connectivity index is 2.31. The third-order valence-corrected chi connectivity index (χ3v) is 2.52. The van der Waals surface area contributed by atoms with Crippen molar-refractivity contribution < 1.29 is 9.53 Å². The van der Waals surface area contributed by atoms with E-state index in [0.29, 0.717) is 6.54 Å². The summed E-state index contributed by atoms with van der Waals surface area (Å²) in [7, 11) is 0. The van der Waals surface area contributed by atoms with Crippen LogP contribution in [0.5, 0.6) is 5.75 Å². The van der Waals surface area contributed by atoms with E-state index in [1.54, 1.807) is 6.08 Å². The van der Waals surface area contributed by atoms with Crippen molar-refractivity contribution in [2.45, 2.75) is 19.8 Å². The molecule has 2 N–H and O–H groups in total. The minimum atomic E-state index is -0.0526. The third kappa shape index (κ3) is 6.50. The average Bonchev–Trinajstić information content (AvgIpc) is 2.44. The zero-order valence-corrected chi connectivity index (χ0v) is 11.4. The molecule has 1 amide bonds. The fraction of sp³-hybridized carbons (Fsp3) is 0.400. The van der Waals surface area contributed by atoms with E-state index in [1.807, 2.05) is 24.3 Å². The smallest absolute Gasteiger partial charge is 0.239 e. The number of hydrogen-bond donors (Lipinski definition) is 2. The number of carbonyl (C=O) groups excluding carboxylic acids is 1. The van der Waals surface area contributed by atoms with Crippen molar-refractivity contribution in [3.05, 3.63) is 36.9 Å². The molecule has 4 nitrogen and oxygen atoms in total. The third-order valence-electron chi connectivity index (χ3n) is 2.52. The number of nitrogens with one attached hydrogen (secondary N) is 2. The van der Waals surface area contributed by atoms with Crippen LogP contribution in [0.25, 0.3) is 0 Å². The highest BCUT2D eigenvalue weighted by molar-refractivity contribution is 5.80. The van der Waals surface area contributed by atoms with E-state index in [4.69, 9.17) is 4.74 Å². The number of carbonyl (C=O) groups is 1. The summed E-state index contributed by atoms with van der Waals surface area (Å²) in [5.74, 6) is 0.804. The molecule has 19 heavy (non-hydrogen) atoms. The van der Waals surface area contributed by atoms with E-state index >= 15 is 0 Å². The SMILES string of the molecule is C=CCNC(=O)CNc1ccc(OCCCC)cc1. The van der Waals surface area contributed by atoms with E-state index in [0.717, 1.165) is 30.9 Å². The van der Waals surface area contributed by atoms with Crippen LogP contribution in [-0.4, -0.2) is 25.6 Å². The van der Waals surface area contributed by atoms with Gasteiger partial charge < -0.3 is 15.4 Å². The van der Waals surface area contributed by atoms with Crippen LogP contribution >= 0.6 is 0 Å². The molecule has 0 saturated carbocycles. The molecule has 0 aliphatic carbocycles. The van der Waals surface area contributed by atoms with E-state index in [2.05, 4.69) is 24.1 Å². The molecule has 0 aliphatic heterocycles. The maximum Gasteiger partial charge on any atom is 0.239 e. The first-order chi connectivity index (χ1) is 9.26. The van der Waals surface area contributed by atoms with Crippen molar-refractivity contribution in [3.63, 3.8) is 0 Å². The van der Waals surface area contributed by atoms with Crippen LogP contribution in [0.4, 0.5) is 5.69 Å². The molecule has 0 fully saturated rings. The second-order valence-electron chi connectivity index (χ2n) is 4.17. The number of anilines is 1. The molecule has 0 aromatic heterocycles. The van der Waals surface area contributed by atoms with Crippen LogP contribution in [0.15, 0.2) is 36.9 Å². The summed E-state index contributed by atoms with van der Waals surface area (Å²) >= 11 is 0. The molecular formula is C15H22N2O2. The summed E-state index contributed by atoms with van der Waals surface area (Å²) in [6, 6.07) is 7.61. The van der Waals surface area contributed by atoms with Gasteiger partial charge in [0.2, 0.25) is 5.91 Å². The van der Waals surface area contributed by atoms with Crippen molar-refractivity contribution in [2.24, 2.45) is 0 Å². The Morgan fingerprint density at radius 2 is 2.11 bits per heavy atom. The predicted octanol–water partition coefficient (Wildman–Crippen LogP) is 2.58. The van der Waals surface area contributed by atoms with Crippen LogP contribution in [0, 0.1) is 0 Å². The average molecular weight is 262 g/mol. The molecule has 4 heteroatoms. The number of amides is 1.